The molecule has 1 nitrogen and oxygen atoms in total. The van der Waals surface area contributed by atoms with E-state index in [4.69, 9.17) is 4.74 Å². The third-order valence-electron chi connectivity index (χ3n) is 3.94. The fourth-order valence-electron chi connectivity index (χ4n) is 2.96. The summed E-state index contributed by atoms with van der Waals surface area (Å²) in [7, 11) is 0. The van der Waals surface area contributed by atoms with Gasteiger partial charge in [0.15, 0.2) is 0 Å². The molecule has 0 amide bonds. The molecule has 0 N–H and O–H groups in total. The summed E-state index contributed by atoms with van der Waals surface area (Å²) in [6.45, 7) is 0.694. The van der Waals surface area contributed by atoms with E-state index in [-0.39, 0.29) is 0 Å². The van der Waals surface area contributed by atoms with Crippen LogP contribution in [0.15, 0.2) is 91.0 Å². The molecule has 0 aliphatic carbocycles. The number of ether oxygens (including phenoxy) is 1. The molecular formula is C21H19IO. The molecule has 0 aromatic heterocycles. The number of hydrogen-bond acceptors (Lipinski definition) is 1. The maximum absolute atomic E-state index is 6.53. The van der Waals surface area contributed by atoms with Gasteiger partial charge in [0.1, 0.15) is 5.60 Å². The van der Waals surface area contributed by atoms with Crippen molar-refractivity contribution >= 4 is 22.6 Å². The quantitative estimate of drug-likeness (QED) is 0.297. The van der Waals surface area contributed by atoms with Gasteiger partial charge in [-0.25, -0.2) is 0 Å². The highest BCUT2D eigenvalue weighted by molar-refractivity contribution is 14.1. The van der Waals surface area contributed by atoms with E-state index in [0.29, 0.717) is 6.61 Å². The van der Waals surface area contributed by atoms with Gasteiger partial charge in [-0.05, 0) is 16.7 Å². The molecule has 0 saturated carbocycles. The number of benzene rings is 3. The fraction of sp³-hybridized carbons (Fsp3) is 0.143. The van der Waals surface area contributed by atoms with Crippen molar-refractivity contribution in [2.75, 3.05) is 11.0 Å². The van der Waals surface area contributed by atoms with E-state index in [1.54, 1.807) is 0 Å². The fourth-order valence-corrected chi connectivity index (χ4v) is 3.18. The van der Waals surface area contributed by atoms with Gasteiger partial charge in [0, 0.05) is 4.43 Å². The first-order valence-corrected chi connectivity index (χ1v) is 9.27. The molecule has 0 aliphatic heterocycles. The number of alkyl halides is 1. The number of hydrogen-bond donors (Lipinski definition) is 0. The Morgan fingerprint density at radius 3 is 1.26 bits per heavy atom. The van der Waals surface area contributed by atoms with Crippen LogP contribution in [0.25, 0.3) is 0 Å². The van der Waals surface area contributed by atoms with Crippen molar-refractivity contribution in [2.45, 2.75) is 5.60 Å². The molecule has 0 aliphatic rings. The van der Waals surface area contributed by atoms with Crippen LogP contribution in [-0.2, 0) is 10.3 Å². The van der Waals surface area contributed by atoms with Gasteiger partial charge in [0.2, 0.25) is 0 Å². The number of halogens is 1. The zero-order valence-electron chi connectivity index (χ0n) is 12.9. The Labute approximate surface area is 151 Å². The van der Waals surface area contributed by atoms with Crippen molar-refractivity contribution in [1.29, 1.82) is 0 Å². The average Bonchev–Trinajstić information content (AvgIpc) is 2.65. The summed E-state index contributed by atoms with van der Waals surface area (Å²) in [4.78, 5) is 0. The smallest absolute Gasteiger partial charge is 0.143 e. The zero-order chi connectivity index (χ0) is 16.0. The van der Waals surface area contributed by atoms with Gasteiger partial charge in [-0.3, -0.25) is 0 Å². The van der Waals surface area contributed by atoms with Gasteiger partial charge in [-0.2, -0.15) is 0 Å². The molecule has 3 rings (SSSR count). The second-order valence-electron chi connectivity index (χ2n) is 5.32. The maximum Gasteiger partial charge on any atom is 0.143 e. The largest absolute Gasteiger partial charge is 0.360 e. The van der Waals surface area contributed by atoms with Gasteiger partial charge >= 0.3 is 0 Å². The molecule has 23 heavy (non-hydrogen) atoms. The predicted octanol–water partition coefficient (Wildman–Crippen LogP) is 5.43. The zero-order valence-corrected chi connectivity index (χ0v) is 15.0. The van der Waals surface area contributed by atoms with Crippen molar-refractivity contribution in [2.24, 2.45) is 0 Å². The Hall–Kier alpha value is -1.65. The van der Waals surface area contributed by atoms with Crippen molar-refractivity contribution in [3.8, 4) is 0 Å². The minimum Gasteiger partial charge on any atom is -0.360 e. The topological polar surface area (TPSA) is 9.23 Å². The lowest BCUT2D eigenvalue weighted by Gasteiger charge is -2.35. The SMILES string of the molecule is ICCOC(c1ccccc1)(c1ccccc1)c1ccccc1. The van der Waals surface area contributed by atoms with E-state index in [0.717, 1.165) is 21.1 Å². The van der Waals surface area contributed by atoms with E-state index >= 15 is 0 Å². The first kappa shape index (κ1) is 16.2. The lowest BCUT2D eigenvalue weighted by atomic mass is 9.80. The van der Waals surface area contributed by atoms with Gasteiger partial charge in [-0.15, -0.1) is 0 Å². The molecule has 0 bridgehead atoms. The predicted molar refractivity (Wildman–Crippen MR) is 104 cm³/mol. The third-order valence-corrected chi connectivity index (χ3v) is 4.38. The first-order valence-electron chi connectivity index (χ1n) is 7.74. The Morgan fingerprint density at radius 2 is 0.957 bits per heavy atom. The Balaban J connectivity index is 2.25. The average molecular weight is 414 g/mol. The van der Waals surface area contributed by atoms with E-state index in [1.165, 1.54) is 0 Å². The van der Waals surface area contributed by atoms with E-state index in [9.17, 15) is 0 Å². The molecule has 0 spiro atoms. The van der Waals surface area contributed by atoms with Crippen LogP contribution in [0, 0.1) is 0 Å². The number of rotatable bonds is 6. The molecule has 3 aromatic carbocycles. The van der Waals surface area contributed by atoms with Crippen LogP contribution < -0.4 is 0 Å². The minimum absolute atomic E-state index is 0.574. The Bertz CT molecular complexity index is 614. The maximum atomic E-state index is 6.53. The van der Waals surface area contributed by atoms with E-state index in [2.05, 4.69) is 95.4 Å². The summed E-state index contributed by atoms with van der Waals surface area (Å²) < 4.78 is 7.48. The highest BCUT2D eigenvalue weighted by Gasteiger charge is 2.37. The molecule has 0 radical (unpaired) electrons. The second-order valence-corrected chi connectivity index (χ2v) is 6.40. The summed E-state index contributed by atoms with van der Waals surface area (Å²) in [5.41, 5.74) is 2.89. The van der Waals surface area contributed by atoms with Gasteiger partial charge in [0.05, 0.1) is 6.61 Å². The van der Waals surface area contributed by atoms with Crippen LogP contribution in [0.4, 0.5) is 0 Å². The van der Waals surface area contributed by atoms with Crippen LogP contribution >= 0.6 is 22.6 Å². The van der Waals surface area contributed by atoms with Crippen LogP contribution in [0.3, 0.4) is 0 Å². The van der Waals surface area contributed by atoms with E-state index < -0.39 is 5.60 Å². The summed E-state index contributed by atoms with van der Waals surface area (Å²) >= 11 is 2.36. The van der Waals surface area contributed by atoms with Crippen LogP contribution in [0.5, 0.6) is 0 Å². The molecule has 0 fully saturated rings. The normalized spacial score (nSPS) is 11.3. The molecule has 0 atom stereocenters. The van der Waals surface area contributed by atoms with Crippen molar-refractivity contribution in [1.82, 2.24) is 0 Å². The molecule has 116 valence electrons. The van der Waals surface area contributed by atoms with Gasteiger partial charge in [-0.1, -0.05) is 114 Å². The standard InChI is InChI=1S/C21H19IO/c22-16-17-23-21(18-10-4-1-5-11-18,19-12-6-2-7-13-19)20-14-8-3-9-15-20/h1-15H,16-17H2. The summed E-state index contributed by atoms with van der Waals surface area (Å²) in [5, 5.41) is 0. The van der Waals surface area contributed by atoms with Crippen LogP contribution in [0.2, 0.25) is 0 Å². The summed E-state index contributed by atoms with van der Waals surface area (Å²) in [6, 6.07) is 31.4. The van der Waals surface area contributed by atoms with Crippen LogP contribution in [0.1, 0.15) is 16.7 Å². The monoisotopic (exact) mass is 414 g/mol. The highest BCUT2D eigenvalue weighted by Crippen LogP contribution is 2.40. The van der Waals surface area contributed by atoms with Gasteiger partial charge < -0.3 is 4.74 Å². The van der Waals surface area contributed by atoms with Crippen molar-refractivity contribution < 1.29 is 4.74 Å². The molecule has 0 heterocycles. The summed E-state index contributed by atoms with van der Waals surface area (Å²) in [5.74, 6) is 0. The van der Waals surface area contributed by atoms with Crippen molar-refractivity contribution in [3.05, 3.63) is 108 Å². The molecule has 0 unspecified atom stereocenters. The Morgan fingerprint density at radius 1 is 0.609 bits per heavy atom. The molecule has 2 heteroatoms. The molecular weight excluding hydrogens is 395 g/mol. The molecule has 0 saturated heterocycles. The first-order chi connectivity index (χ1) is 11.4. The van der Waals surface area contributed by atoms with Gasteiger partial charge in [0.25, 0.3) is 0 Å². The lowest BCUT2D eigenvalue weighted by molar-refractivity contribution is 0.0244. The van der Waals surface area contributed by atoms with Crippen LogP contribution in [-0.4, -0.2) is 11.0 Å². The van der Waals surface area contributed by atoms with Crippen molar-refractivity contribution in [3.63, 3.8) is 0 Å². The minimum atomic E-state index is -0.574. The van der Waals surface area contributed by atoms with E-state index in [1.807, 2.05) is 18.2 Å². The second kappa shape index (κ2) is 7.75. The molecule has 3 aromatic rings. The highest BCUT2D eigenvalue weighted by atomic mass is 127. The summed E-state index contributed by atoms with van der Waals surface area (Å²) in [6.07, 6.45) is 0. The lowest BCUT2D eigenvalue weighted by Crippen LogP contribution is -2.33. The third kappa shape index (κ3) is 3.33. The Kier molecular flexibility index (Phi) is 5.47.